The summed E-state index contributed by atoms with van der Waals surface area (Å²) >= 11 is 0. The molecule has 22 heavy (non-hydrogen) atoms. The molecule has 4 N–H and O–H groups in total. The molecule has 0 aromatic rings. The van der Waals surface area contributed by atoms with Gasteiger partial charge in [-0.3, -0.25) is 4.55 Å². The first-order valence-electron chi connectivity index (χ1n) is 7.90. The Kier molecular flexibility index (Phi) is 27.4. The van der Waals surface area contributed by atoms with Gasteiger partial charge in [-0.2, -0.15) is 8.42 Å². The van der Waals surface area contributed by atoms with Gasteiger partial charge in [0.15, 0.2) is 0 Å². The maximum Gasteiger partial charge on any atom is 1.00 e. The molecule has 0 heterocycles. The molecular formula is C14H34NNaO5S. The third kappa shape index (κ3) is 32.7. The topological polar surface area (TPSA) is 110 Å². The van der Waals surface area contributed by atoms with Gasteiger partial charge in [0.1, 0.15) is 0 Å². The van der Waals surface area contributed by atoms with Gasteiger partial charge in [-0.15, -0.1) is 0 Å². The molecule has 0 spiro atoms. The second-order valence-corrected chi connectivity index (χ2v) is 6.04. The maximum atomic E-state index is 10.2. The third-order valence-electron chi connectivity index (χ3n) is 2.86. The smallest absolute Gasteiger partial charge is 1.00 e. The van der Waals surface area contributed by atoms with Gasteiger partial charge < -0.3 is 12.3 Å². The van der Waals surface area contributed by atoms with Crippen molar-refractivity contribution in [3.63, 3.8) is 0 Å². The average Bonchev–Trinajstić information content (AvgIpc) is 2.44. The zero-order valence-electron chi connectivity index (χ0n) is 15.3. The van der Waals surface area contributed by atoms with E-state index in [4.69, 9.17) is 15.4 Å². The van der Waals surface area contributed by atoms with Crippen molar-refractivity contribution in [2.45, 2.75) is 71.1 Å². The van der Waals surface area contributed by atoms with Crippen molar-refractivity contribution in [3.05, 3.63) is 0 Å². The summed E-state index contributed by atoms with van der Waals surface area (Å²) in [5.41, 5.74) is 4.78. The van der Waals surface area contributed by atoms with Gasteiger partial charge in [0.25, 0.3) is 0 Å². The summed E-state index contributed by atoms with van der Waals surface area (Å²) in [6.45, 7) is 2.78. The van der Waals surface area contributed by atoms with Crippen LogP contribution in [0.4, 0.5) is 0 Å². The monoisotopic (exact) mass is 351 g/mol. The first-order chi connectivity index (χ1) is 9.97. The SMILES string of the molecule is CCCCCCCCCCCCOS(=O)(=O)O.NCCO.[H-].[Na+]. The Bertz CT molecular complexity index is 293. The standard InChI is InChI=1S/C12H26O4S.C2H7NO.Na.H/c1-2-3-4-5-6-7-8-9-10-11-12-16-17(13,14)15;3-1-2-4;;/h2-12H2,1H3,(H,13,14,15);4H,1-3H2;;/q;;+1;-1. The molecule has 0 aromatic heterocycles. The molecule has 0 aliphatic rings. The minimum absolute atomic E-state index is 0. The van der Waals surface area contributed by atoms with Gasteiger partial charge in [-0.05, 0) is 6.42 Å². The minimum Gasteiger partial charge on any atom is -1.00 e. The van der Waals surface area contributed by atoms with Gasteiger partial charge in [0.2, 0.25) is 0 Å². The molecule has 0 fully saturated rings. The van der Waals surface area contributed by atoms with E-state index in [9.17, 15) is 8.42 Å². The van der Waals surface area contributed by atoms with Crippen molar-refractivity contribution in [2.24, 2.45) is 5.73 Å². The molecule has 0 saturated heterocycles. The third-order valence-corrected chi connectivity index (χ3v) is 3.32. The maximum absolute atomic E-state index is 10.2. The molecule has 0 aromatic carbocycles. The molecule has 0 aliphatic heterocycles. The van der Waals surface area contributed by atoms with E-state index in [1.807, 2.05) is 0 Å². The molecule has 0 amide bonds. The fourth-order valence-corrected chi connectivity index (χ4v) is 2.08. The number of unbranched alkanes of at least 4 members (excludes halogenated alkanes) is 9. The van der Waals surface area contributed by atoms with Crippen LogP contribution in [0.3, 0.4) is 0 Å². The van der Waals surface area contributed by atoms with Crippen molar-refractivity contribution >= 4 is 10.4 Å². The zero-order chi connectivity index (χ0) is 16.4. The van der Waals surface area contributed by atoms with Gasteiger partial charge in [-0.25, -0.2) is 4.18 Å². The number of aliphatic hydroxyl groups is 1. The Morgan fingerprint density at radius 1 is 0.955 bits per heavy atom. The van der Waals surface area contributed by atoms with Crippen molar-refractivity contribution < 1.29 is 53.2 Å². The van der Waals surface area contributed by atoms with Gasteiger partial charge >= 0.3 is 40.0 Å². The first kappa shape index (κ1) is 27.6. The van der Waals surface area contributed by atoms with Crippen molar-refractivity contribution in [1.82, 2.24) is 0 Å². The summed E-state index contributed by atoms with van der Waals surface area (Å²) in [6, 6.07) is 0. The molecule has 0 rings (SSSR count). The molecule has 0 unspecified atom stereocenters. The first-order valence-corrected chi connectivity index (χ1v) is 9.27. The summed E-state index contributed by atoms with van der Waals surface area (Å²) in [5.74, 6) is 0. The number of hydrogen-bond donors (Lipinski definition) is 3. The molecule has 0 bridgehead atoms. The average molecular weight is 351 g/mol. The number of nitrogens with two attached hydrogens (primary N) is 1. The van der Waals surface area contributed by atoms with Gasteiger partial charge in [-0.1, -0.05) is 64.7 Å². The summed E-state index contributed by atoms with van der Waals surface area (Å²) in [4.78, 5) is 0. The van der Waals surface area contributed by atoms with E-state index in [1.165, 1.54) is 44.9 Å². The van der Waals surface area contributed by atoms with Gasteiger partial charge in [0, 0.05) is 6.54 Å². The second-order valence-electron chi connectivity index (χ2n) is 4.94. The largest absolute Gasteiger partial charge is 1.00 e. The summed E-state index contributed by atoms with van der Waals surface area (Å²) < 4.78 is 33.0. The van der Waals surface area contributed by atoms with Crippen LogP contribution in [0.25, 0.3) is 0 Å². The predicted octanol–water partition coefficient (Wildman–Crippen LogP) is -0.219. The van der Waals surface area contributed by atoms with Crippen LogP contribution in [-0.2, 0) is 14.6 Å². The number of aliphatic hydroxyl groups excluding tert-OH is 1. The Morgan fingerprint density at radius 3 is 1.64 bits per heavy atom. The Morgan fingerprint density at radius 2 is 1.32 bits per heavy atom. The minimum atomic E-state index is -4.23. The van der Waals surface area contributed by atoms with Crippen LogP contribution in [-0.4, -0.2) is 37.8 Å². The van der Waals surface area contributed by atoms with E-state index < -0.39 is 10.4 Å². The van der Waals surface area contributed by atoms with E-state index >= 15 is 0 Å². The molecule has 0 aliphatic carbocycles. The van der Waals surface area contributed by atoms with Crippen molar-refractivity contribution in [1.29, 1.82) is 0 Å². The summed E-state index contributed by atoms with van der Waals surface area (Å²) in [7, 11) is -4.23. The van der Waals surface area contributed by atoms with E-state index in [0.717, 1.165) is 12.8 Å². The van der Waals surface area contributed by atoms with Crippen molar-refractivity contribution in [3.8, 4) is 0 Å². The van der Waals surface area contributed by atoms with Crippen LogP contribution < -0.4 is 35.3 Å². The van der Waals surface area contributed by atoms with Gasteiger partial charge in [0.05, 0.1) is 13.2 Å². The second kappa shape index (κ2) is 21.8. The quantitative estimate of drug-likeness (QED) is 0.240. The predicted molar refractivity (Wildman–Crippen MR) is 86.6 cm³/mol. The normalized spacial score (nSPS) is 10.5. The molecule has 8 heteroatoms. The molecule has 0 atom stereocenters. The molecule has 6 nitrogen and oxygen atoms in total. The molecule has 0 radical (unpaired) electrons. The van der Waals surface area contributed by atoms with Crippen LogP contribution >= 0.6 is 0 Å². The van der Waals surface area contributed by atoms with E-state index in [2.05, 4.69) is 11.1 Å². The molecular weight excluding hydrogens is 317 g/mol. The van der Waals surface area contributed by atoms with Crippen LogP contribution in [0.5, 0.6) is 0 Å². The summed E-state index contributed by atoms with van der Waals surface area (Å²) in [5, 5.41) is 7.75. The van der Waals surface area contributed by atoms with Crippen LogP contribution in [0.1, 0.15) is 72.6 Å². The van der Waals surface area contributed by atoms with Crippen LogP contribution in [0.2, 0.25) is 0 Å². The number of hydrogen-bond acceptors (Lipinski definition) is 5. The zero-order valence-corrected chi connectivity index (χ0v) is 17.1. The van der Waals surface area contributed by atoms with E-state index in [-0.39, 0.29) is 44.2 Å². The van der Waals surface area contributed by atoms with Crippen LogP contribution in [0.15, 0.2) is 0 Å². The molecule has 132 valence electrons. The Balaban J connectivity index is -0.000000268. The van der Waals surface area contributed by atoms with E-state index in [1.54, 1.807) is 0 Å². The Hall–Kier alpha value is 0.790. The van der Waals surface area contributed by atoms with Crippen LogP contribution in [0, 0.1) is 0 Å². The van der Waals surface area contributed by atoms with E-state index in [0.29, 0.717) is 13.0 Å². The summed E-state index contributed by atoms with van der Waals surface area (Å²) in [6.07, 6.45) is 11.9. The number of rotatable bonds is 13. The fourth-order valence-electron chi connectivity index (χ4n) is 1.75. The Labute approximate surface area is 159 Å². The fraction of sp³-hybridized carbons (Fsp3) is 1.00. The van der Waals surface area contributed by atoms with Crippen molar-refractivity contribution in [2.75, 3.05) is 19.8 Å². The molecule has 0 saturated carbocycles.